The fourth-order valence-corrected chi connectivity index (χ4v) is 2.64. The Hall–Kier alpha value is -1.99. The van der Waals surface area contributed by atoms with Crippen LogP contribution in [-0.4, -0.2) is 50.3 Å². The highest BCUT2D eigenvalue weighted by molar-refractivity contribution is 5.31. The van der Waals surface area contributed by atoms with E-state index in [0.717, 1.165) is 4.57 Å². The number of anilines is 1. The molecule has 9 heteroatoms. The minimum Gasteiger partial charge on any atom is -0.391 e. The van der Waals surface area contributed by atoms with Crippen molar-refractivity contribution in [3.63, 3.8) is 0 Å². The van der Waals surface area contributed by atoms with Crippen LogP contribution < -0.4 is 17.2 Å². The summed E-state index contributed by atoms with van der Waals surface area (Å²) in [6.45, 7) is 2.00. The van der Waals surface area contributed by atoms with Crippen LogP contribution in [0.1, 0.15) is 18.8 Å². The van der Waals surface area contributed by atoms with E-state index in [2.05, 4.69) is 16.8 Å². The van der Waals surface area contributed by atoms with Crippen LogP contribution in [0, 0.1) is 18.8 Å². The topological polar surface area (TPSA) is 137 Å². The molecule has 0 amide bonds. The molecular weight excluding hydrogens is 307 g/mol. The number of hydrogen-bond acceptors (Lipinski definition) is 7. The lowest BCUT2D eigenvalue weighted by Crippen LogP contribution is -2.55. The molecule has 1 saturated heterocycles. The summed E-state index contributed by atoms with van der Waals surface area (Å²) < 4.78 is 19.1. The molecule has 23 heavy (non-hydrogen) atoms. The van der Waals surface area contributed by atoms with Gasteiger partial charge in [0.1, 0.15) is 24.7 Å². The molecule has 8 nitrogen and oxygen atoms in total. The molecule has 1 aromatic heterocycles. The Morgan fingerprint density at radius 2 is 2.30 bits per heavy atom. The minimum atomic E-state index is -1.79. The molecule has 1 aliphatic rings. The van der Waals surface area contributed by atoms with Crippen molar-refractivity contribution in [2.75, 3.05) is 12.4 Å². The first kappa shape index (κ1) is 17.4. The van der Waals surface area contributed by atoms with Gasteiger partial charge >= 0.3 is 5.69 Å². The summed E-state index contributed by atoms with van der Waals surface area (Å²) >= 11 is 0. The average Bonchev–Trinajstić information content (AvgIpc) is 2.70. The van der Waals surface area contributed by atoms with Gasteiger partial charge in [-0.3, -0.25) is 4.57 Å². The standard InChI is InChI=1S/C14H19FN4O4/c1-7-6-9(16)18-13(22)19(7)12-14(17,4-3-5-15)11(21)10(23-12)8(2)20/h6,8,10-12,20-21H,5,17H2,1-2H3,(H2,16,18,22)/t8-,10-,11?,12-,14-/m1/s1. The van der Waals surface area contributed by atoms with Gasteiger partial charge in [-0.05, 0) is 19.9 Å². The second-order valence-corrected chi connectivity index (χ2v) is 5.48. The molecule has 6 N–H and O–H groups in total. The molecule has 0 radical (unpaired) electrons. The van der Waals surface area contributed by atoms with E-state index in [4.69, 9.17) is 16.2 Å². The number of aromatic nitrogens is 2. The quantitative estimate of drug-likeness (QED) is 0.483. The zero-order valence-corrected chi connectivity index (χ0v) is 12.7. The van der Waals surface area contributed by atoms with Gasteiger partial charge in [0.05, 0.1) is 6.10 Å². The lowest BCUT2D eigenvalue weighted by molar-refractivity contribution is -0.0783. The van der Waals surface area contributed by atoms with Crippen LogP contribution in [0.25, 0.3) is 0 Å². The third kappa shape index (κ3) is 2.94. The average molecular weight is 326 g/mol. The van der Waals surface area contributed by atoms with Gasteiger partial charge in [-0.15, -0.1) is 0 Å². The third-order valence-electron chi connectivity index (χ3n) is 3.74. The van der Waals surface area contributed by atoms with Gasteiger partial charge in [-0.1, -0.05) is 11.8 Å². The molecule has 0 aromatic carbocycles. The Kier molecular flexibility index (Phi) is 4.72. The zero-order valence-electron chi connectivity index (χ0n) is 12.7. The Bertz CT molecular complexity index is 711. The van der Waals surface area contributed by atoms with E-state index in [1.54, 1.807) is 6.92 Å². The molecule has 0 aliphatic carbocycles. The van der Waals surface area contributed by atoms with Crippen LogP contribution in [0.5, 0.6) is 0 Å². The first-order valence-corrected chi connectivity index (χ1v) is 6.94. The Labute approximate surface area is 131 Å². The minimum absolute atomic E-state index is 0.0202. The van der Waals surface area contributed by atoms with Crippen molar-refractivity contribution in [1.82, 2.24) is 9.55 Å². The first-order chi connectivity index (χ1) is 10.7. The number of aliphatic hydroxyl groups is 2. The molecular formula is C14H19FN4O4. The monoisotopic (exact) mass is 326 g/mol. The van der Waals surface area contributed by atoms with Crippen molar-refractivity contribution >= 4 is 5.82 Å². The van der Waals surface area contributed by atoms with E-state index in [1.165, 1.54) is 13.0 Å². The van der Waals surface area contributed by atoms with Gasteiger partial charge < -0.3 is 26.4 Å². The number of hydrogen-bond donors (Lipinski definition) is 4. The van der Waals surface area contributed by atoms with Crippen LogP contribution in [0.3, 0.4) is 0 Å². The van der Waals surface area contributed by atoms with E-state index in [0.29, 0.717) is 5.69 Å². The highest BCUT2D eigenvalue weighted by Crippen LogP contribution is 2.37. The molecule has 1 fully saturated rings. The first-order valence-electron chi connectivity index (χ1n) is 6.94. The molecule has 1 unspecified atom stereocenters. The number of aryl methyl sites for hydroxylation is 1. The molecule has 126 valence electrons. The molecule has 5 atom stereocenters. The summed E-state index contributed by atoms with van der Waals surface area (Å²) in [6.07, 6.45) is -4.86. The van der Waals surface area contributed by atoms with Gasteiger partial charge in [-0.25, -0.2) is 9.18 Å². The third-order valence-corrected chi connectivity index (χ3v) is 3.74. The lowest BCUT2D eigenvalue weighted by Gasteiger charge is -2.29. The molecule has 0 saturated carbocycles. The molecule has 1 aromatic rings. The van der Waals surface area contributed by atoms with Crippen LogP contribution in [0.4, 0.5) is 10.2 Å². The number of nitrogens with zero attached hydrogens (tertiary/aromatic N) is 2. The Balaban J connectivity index is 2.61. The van der Waals surface area contributed by atoms with Gasteiger partial charge in [0.2, 0.25) is 0 Å². The van der Waals surface area contributed by atoms with E-state index < -0.39 is 42.4 Å². The van der Waals surface area contributed by atoms with Crippen molar-refractivity contribution in [2.45, 2.75) is 43.9 Å². The van der Waals surface area contributed by atoms with Crippen LogP contribution >= 0.6 is 0 Å². The van der Waals surface area contributed by atoms with Gasteiger partial charge in [-0.2, -0.15) is 4.98 Å². The largest absolute Gasteiger partial charge is 0.391 e. The number of aliphatic hydroxyl groups excluding tert-OH is 2. The van der Waals surface area contributed by atoms with Gasteiger partial charge in [0, 0.05) is 5.69 Å². The number of nitrogen functional groups attached to an aromatic ring is 1. The number of ether oxygens (including phenoxy) is 1. The zero-order chi connectivity index (χ0) is 17.4. The second-order valence-electron chi connectivity index (χ2n) is 5.48. The second kappa shape index (κ2) is 6.25. The van der Waals surface area contributed by atoms with Crippen molar-refractivity contribution < 1.29 is 19.3 Å². The van der Waals surface area contributed by atoms with E-state index in [1.807, 2.05) is 0 Å². The fraction of sp³-hybridized carbons (Fsp3) is 0.571. The van der Waals surface area contributed by atoms with Gasteiger partial charge in [0.15, 0.2) is 11.8 Å². The predicted octanol–water partition coefficient (Wildman–Crippen LogP) is -1.56. The summed E-state index contributed by atoms with van der Waals surface area (Å²) in [5, 5.41) is 20.1. The van der Waals surface area contributed by atoms with E-state index in [9.17, 15) is 19.4 Å². The maximum absolute atomic E-state index is 12.4. The van der Waals surface area contributed by atoms with E-state index in [-0.39, 0.29) is 5.82 Å². The smallest absolute Gasteiger partial charge is 0.351 e. The van der Waals surface area contributed by atoms with Crippen LogP contribution in [0.15, 0.2) is 10.9 Å². The van der Waals surface area contributed by atoms with Crippen molar-refractivity contribution in [3.05, 3.63) is 22.2 Å². The Morgan fingerprint density at radius 1 is 1.65 bits per heavy atom. The van der Waals surface area contributed by atoms with Crippen molar-refractivity contribution in [1.29, 1.82) is 0 Å². The summed E-state index contributed by atoms with van der Waals surface area (Å²) in [5.41, 5.74) is 9.48. The summed E-state index contributed by atoms with van der Waals surface area (Å²) in [6, 6.07) is 1.43. The Morgan fingerprint density at radius 3 is 2.83 bits per heavy atom. The lowest BCUT2D eigenvalue weighted by atomic mass is 9.90. The predicted molar refractivity (Wildman–Crippen MR) is 79.9 cm³/mol. The maximum Gasteiger partial charge on any atom is 0.351 e. The van der Waals surface area contributed by atoms with Crippen molar-refractivity contribution in [3.8, 4) is 11.8 Å². The SMILES string of the molecule is Cc1cc(N)nc(=O)n1[C@@H]1O[C@H]([C@@H](C)O)C(O)[C@]1(N)C#CCF. The number of alkyl halides is 1. The summed E-state index contributed by atoms with van der Waals surface area (Å²) in [7, 11) is 0. The number of rotatable bonds is 2. The van der Waals surface area contributed by atoms with Crippen LogP contribution in [0.2, 0.25) is 0 Å². The van der Waals surface area contributed by atoms with E-state index >= 15 is 0 Å². The van der Waals surface area contributed by atoms with Crippen molar-refractivity contribution in [2.24, 2.45) is 5.73 Å². The van der Waals surface area contributed by atoms with Crippen LogP contribution in [-0.2, 0) is 4.74 Å². The highest BCUT2D eigenvalue weighted by Gasteiger charge is 2.56. The summed E-state index contributed by atoms with van der Waals surface area (Å²) in [4.78, 5) is 15.8. The number of halogens is 1. The summed E-state index contributed by atoms with van der Waals surface area (Å²) in [5.74, 6) is 4.57. The van der Waals surface area contributed by atoms with Gasteiger partial charge in [0.25, 0.3) is 0 Å². The molecule has 0 spiro atoms. The highest BCUT2D eigenvalue weighted by atomic mass is 19.1. The molecule has 2 heterocycles. The maximum atomic E-state index is 12.4. The molecule has 2 rings (SSSR count). The molecule has 1 aliphatic heterocycles. The fourth-order valence-electron chi connectivity index (χ4n) is 2.64. The normalized spacial score (nSPS) is 31.5. The number of nitrogens with two attached hydrogens (primary N) is 2. The molecule has 0 bridgehead atoms.